The van der Waals surface area contributed by atoms with Gasteiger partial charge in [-0.05, 0) is 17.7 Å². The summed E-state index contributed by atoms with van der Waals surface area (Å²) in [5, 5.41) is 0. The van der Waals surface area contributed by atoms with Gasteiger partial charge < -0.3 is 16.2 Å². The highest BCUT2D eigenvalue weighted by molar-refractivity contribution is 6.00. The lowest BCUT2D eigenvalue weighted by Crippen LogP contribution is -2.15. The zero-order valence-corrected chi connectivity index (χ0v) is 9.80. The molecule has 1 amide bonds. The molecule has 0 bridgehead atoms. The number of carbonyl (C=O) groups excluding carboxylic acids is 1. The molecule has 0 aliphatic carbocycles. The zero-order chi connectivity index (χ0) is 13.0. The average Bonchev–Trinajstić information content (AvgIpc) is 2.37. The first-order valence-electron chi connectivity index (χ1n) is 5.53. The molecule has 0 aliphatic heterocycles. The van der Waals surface area contributed by atoms with Crippen LogP contribution in [-0.4, -0.2) is 5.91 Å². The molecule has 0 fully saturated rings. The molecule has 0 heterocycles. The van der Waals surface area contributed by atoms with Gasteiger partial charge in [-0.2, -0.15) is 0 Å². The van der Waals surface area contributed by atoms with Crippen molar-refractivity contribution in [2.75, 3.05) is 5.73 Å². The van der Waals surface area contributed by atoms with Crippen molar-refractivity contribution >= 4 is 11.6 Å². The van der Waals surface area contributed by atoms with Crippen molar-refractivity contribution in [3.63, 3.8) is 0 Å². The second-order valence-electron chi connectivity index (χ2n) is 3.86. The topological polar surface area (TPSA) is 78.3 Å². The first-order valence-corrected chi connectivity index (χ1v) is 5.53. The fourth-order valence-corrected chi connectivity index (χ4v) is 1.67. The lowest BCUT2D eigenvalue weighted by molar-refractivity contribution is 0.0997. The minimum absolute atomic E-state index is 0.230. The summed E-state index contributed by atoms with van der Waals surface area (Å²) >= 11 is 0. The minimum Gasteiger partial charge on any atom is -0.488 e. The third-order valence-corrected chi connectivity index (χ3v) is 2.54. The van der Waals surface area contributed by atoms with Crippen molar-refractivity contribution in [1.29, 1.82) is 0 Å². The Kier molecular flexibility index (Phi) is 3.48. The van der Waals surface area contributed by atoms with Crippen LogP contribution in [0, 0.1) is 0 Å². The molecule has 0 spiro atoms. The SMILES string of the molecule is NC(=O)c1c(N)cccc1OCc1ccccc1. The highest BCUT2D eigenvalue weighted by Gasteiger charge is 2.12. The molecule has 4 N–H and O–H groups in total. The van der Waals surface area contributed by atoms with E-state index in [4.69, 9.17) is 16.2 Å². The predicted molar refractivity (Wildman–Crippen MR) is 70.1 cm³/mol. The van der Waals surface area contributed by atoms with E-state index in [0.29, 0.717) is 18.0 Å². The Bertz CT molecular complexity index is 553. The smallest absolute Gasteiger partial charge is 0.254 e. The summed E-state index contributed by atoms with van der Waals surface area (Å²) < 4.78 is 5.58. The van der Waals surface area contributed by atoms with Crippen LogP contribution in [0.4, 0.5) is 5.69 Å². The van der Waals surface area contributed by atoms with Gasteiger partial charge in [0.1, 0.15) is 17.9 Å². The van der Waals surface area contributed by atoms with Gasteiger partial charge in [0, 0.05) is 5.69 Å². The quantitative estimate of drug-likeness (QED) is 0.804. The minimum atomic E-state index is -0.587. The van der Waals surface area contributed by atoms with E-state index < -0.39 is 5.91 Å². The summed E-state index contributed by atoms with van der Waals surface area (Å²) in [6, 6.07) is 14.7. The van der Waals surface area contributed by atoms with Crippen LogP contribution in [0.1, 0.15) is 15.9 Å². The van der Waals surface area contributed by atoms with Crippen LogP contribution < -0.4 is 16.2 Å². The van der Waals surface area contributed by atoms with Crippen molar-refractivity contribution < 1.29 is 9.53 Å². The molecular weight excluding hydrogens is 228 g/mol. The Balaban J connectivity index is 2.20. The van der Waals surface area contributed by atoms with Crippen molar-refractivity contribution in [1.82, 2.24) is 0 Å². The first-order chi connectivity index (χ1) is 8.68. The number of primary amides is 1. The molecule has 2 aromatic rings. The number of hydrogen-bond acceptors (Lipinski definition) is 3. The van der Waals surface area contributed by atoms with Gasteiger partial charge in [-0.1, -0.05) is 36.4 Å². The van der Waals surface area contributed by atoms with Crippen molar-refractivity contribution in [3.8, 4) is 5.75 Å². The Morgan fingerprint density at radius 3 is 2.44 bits per heavy atom. The van der Waals surface area contributed by atoms with Gasteiger partial charge in [0.15, 0.2) is 0 Å². The third kappa shape index (κ3) is 2.60. The first kappa shape index (κ1) is 12.0. The van der Waals surface area contributed by atoms with Crippen LogP contribution >= 0.6 is 0 Å². The van der Waals surface area contributed by atoms with E-state index in [1.165, 1.54) is 0 Å². The molecule has 0 atom stereocenters. The predicted octanol–water partition coefficient (Wildman–Crippen LogP) is 1.95. The third-order valence-electron chi connectivity index (χ3n) is 2.54. The van der Waals surface area contributed by atoms with E-state index >= 15 is 0 Å². The molecule has 4 nitrogen and oxygen atoms in total. The number of carbonyl (C=O) groups is 1. The Morgan fingerprint density at radius 2 is 1.78 bits per heavy atom. The number of anilines is 1. The van der Waals surface area contributed by atoms with Crippen LogP contribution in [0.15, 0.2) is 48.5 Å². The molecule has 18 heavy (non-hydrogen) atoms. The zero-order valence-electron chi connectivity index (χ0n) is 9.80. The van der Waals surface area contributed by atoms with E-state index in [1.807, 2.05) is 30.3 Å². The second kappa shape index (κ2) is 5.23. The number of benzene rings is 2. The van der Waals surface area contributed by atoms with Crippen LogP contribution in [-0.2, 0) is 6.61 Å². The molecular formula is C14H14N2O2. The molecule has 0 aliphatic rings. The molecule has 4 heteroatoms. The van der Waals surface area contributed by atoms with Crippen LogP contribution in [0.3, 0.4) is 0 Å². The molecule has 0 saturated carbocycles. The van der Waals surface area contributed by atoms with E-state index in [0.717, 1.165) is 5.56 Å². The normalized spacial score (nSPS) is 10.0. The fourth-order valence-electron chi connectivity index (χ4n) is 1.67. The molecule has 0 radical (unpaired) electrons. The molecule has 0 saturated heterocycles. The van der Waals surface area contributed by atoms with Gasteiger partial charge in [0.05, 0.1) is 0 Å². The van der Waals surface area contributed by atoms with Crippen molar-refractivity contribution in [2.24, 2.45) is 5.73 Å². The van der Waals surface area contributed by atoms with Gasteiger partial charge >= 0.3 is 0 Å². The Hall–Kier alpha value is -2.49. The van der Waals surface area contributed by atoms with E-state index in [9.17, 15) is 4.79 Å². The van der Waals surface area contributed by atoms with Crippen LogP contribution in [0.5, 0.6) is 5.75 Å². The molecule has 2 aromatic carbocycles. The van der Waals surface area contributed by atoms with Gasteiger partial charge in [0.25, 0.3) is 5.91 Å². The van der Waals surface area contributed by atoms with Gasteiger partial charge in [-0.3, -0.25) is 4.79 Å². The van der Waals surface area contributed by atoms with Gasteiger partial charge in [-0.15, -0.1) is 0 Å². The molecule has 92 valence electrons. The Morgan fingerprint density at radius 1 is 1.06 bits per heavy atom. The summed E-state index contributed by atoms with van der Waals surface area (Å²) in [4.78, 5) is 11.3. The average molecular weight is 242 g/mol. The molecule has 2 rings (SSSR count). The lowest BCUT2D eigenvalue weighted by atomic mass is 10.1. The van der Waals surface area contributed by atoms with Crippen LogP contribution in [0.2, 0.25) is 0 Å². The van der Waals surface area contributed by atoms with Gasteiger partial charge in [-0.25, -0.2) is 0 Å². The molecule has 0 aromatic heterocycles. The Labute approximate surface area is 105 Å². The van der Waals surface area contributed by atoms with Gasteiger partial charge in [0.2, 0.25) is 0 Å². The maximum Gasteiger partial charge on any atom is 0.254 e. The second-order valence-corrected chi connectivity index (χ2v) is 3.86. The number of rotatable bonds is 4. The summed E-state index contributed by atoms with van der Waals surface area (Å²) in [7, 11) is 0. The van der Waals surface area contributed by atoms with Crippen molar-refractivity contribution in [3.05, 3.63) is 59.7 Å². The summed E-state index contributed by atoms with van der Waals surface area (Å²) in [6.07, 6.45) is 0. The number of amides is 1. The number of hydrogen-bond donors (Lipinski definition) is 2. The number of nitrogen functional groups attached to an aromatic ring is 1. The van der Waals surface area contributed by atoms with E-state index in [2.05, 4.69) is 0 Å². The highest BCUT2D eigenvalue weighted by Crippen LogP contribution is 2.24. The number of nitrogens with two attached hydrogens (primary N) is 2. The van der Waals surface area contributed by atoms with E-state index in [1.54, 1.807) is 18.2 Å². The fraction of sp³-hybridized carbons (Fsp3) is 0.0714. The van der Waals surface area contributed by atoms with Crippen molar-refractivity contribution in [2.45, 2.75) is 6.61 Å². The monoisotopic (exact) mass is 242 g/mol. The molecule has 0 unspecified atom stereocenters. The maximum atomic E-state index is 11.3. The lowest BCUT2D eigenvalue weighted by Gasteiger charge is -2.11. The van der Waals surface area contributed by atoms with E-state index in [-0.39, 0.29) is 5.56 Å². The largest absolute Gasteiger partial charge is 0.488 e. The summed E-state index contributed by atoms with van der Waals surface area (Å²) in [6.45, 7) is 0.366. The maximum absolute atomic E-state index is 11.3. The number of ether oxygens (including phenoxy) is 1. The highest BCUT2D eigenvalue weighted by atomic mass is 16.5. The standard InChI is InChI=1S/C14H14N2O2/c15-11-7-4-8-12(13(11)14(16)17)18-9-10-5-2-1-3-6-10/h1-8H,9,15H2,(H2,16,17). The van der Waals surface area contributed by atoms with Crippen LogP contribution in [0.25, 0.3) is 0 Å². The summed E-state index contributed by atoms with van der Waals surface area (Å²) in [5.41, 5.74) is 12.6. The summed E-state index contributed by atoms with van der Waals surface area (Å²) in [5.74, 6) is -0.178.